The molecule has 1 heterocycles. The summed E-state index contributed by atoms with van der Waals surface area (Å²) in [6.07, 6.45) is 0.831. The minimum Gasteiger partial charge on any atom is -0.344 e. The molecule has 19 heavy (non-hydrogen) atoms. The number of likely N-dealkylation sites (N-methyl/N-ethyl adjacent to an activating group) is 1. The van der Waals surface area contributed by atoms with E-state index >= 15 is 0 Å². The van der Waals surface area contributed by atoms with Gasteiger partial charge in [0.1, 0.15) is 11.9 Å². The van der Waals surface area contributed by atoms with Crippen LogP contribution in [0.25, 0.3) is 0 Å². The Morgan fingerprint density at radius 1 is 1.58 bits per heavy atom. The van der Waals surface area contributed by atoms with E-state index in [9.17, 15) is 14.0 Å². The average molecular weight is 285 g/mol. The van der Waals surface area contributed by atoms with Crippen LogP contribution in [0.4, 0.5) is 4.39 Å². The maximum Gasteiger partial charge on any atom is 0.245 e. The van der Waals surface area contributed by atoms with Gasteiger partial charge in [-0.2, -0.15) is 0 Å². The molecule has 0 bridgehead atoms. The summed E-state index contributed by atoms with van der Waals surface area (Å²) in [6.45, 7) is 0.0801. The highest BCUT2D eigenvalue weighted by molar-refractivity contribution is 6.31. The summed E-state index contributed by atoms with van der Waals surface area (Å²) in [6, 6.07) is 3.88. The van der Waals surface area contributed by atoms with Crippen LogP contribution in [0, 0.1) is 5.82 Å². The predicted octanol–water partition coefficient (Wildman–Crippen LogP) is 1.72. The fourth-order valence-electron chi connectivity index (χ4n) is 2.06. The molecule has 1 fully saturated rings. The summed E-state index contributed by atoms with van der Waals surface area (Å²) in [5.41, 5.74) is 0.282. The standard InChI is InChI=1S/C13H14ClFN2O2/c1-17(13(19)11-5-6-12(18)16-11)7-8-9(14)3-2-4-10(8)15/h2-4,11H,5-7H2,1H3,(H,16,18)/t11-/m1/s1. The third kappa shape index (κ3) is 3.04. The molecule has 4 nitrogen and oxygen atoms in total. The molecule has 0 aromatic heterocycles. The summed E-state index contributed by atoms with van der Waals surface area (Å²) in [5.74, 6) is -0.802. The van der Waals surface area contributed by atoms with Crippen molar-refractivity contribution in [3.8, 4) is 0 Å². The summed E-state index contributed by atoms with van der Waals surface area (Å²) >= 11 is 5.91. The lowest BCUT2D eigenvalue weighted by Gasteiger charge is -2.21. The van der Waals surface area contributed by atoms with Gasteiger partial charge in [0.2, 0.25) is 11.8 Å². The van der Waals surface area contributed by atoms with Gasteiger partial charge in [-0.05, 0) is 18.6 Å². The van der Waals surface area contributed by atoms with Crippen LogP contribution in [-0.4, -0.2) is 29.8 Å². The third-order valence-electron chi connectivity index (χ3n) is 3.13. The number of amides is 2. The van der Waals surface area contributed by atoms with Crippen LogP contribution in [0.5, 0.6) is 0 Å². The van der Waals surface area contributed by atoms with E-state index in [1.54, 1.807) is 13.1 Å². The Hall–Kier alpha value is -1.62. The van der Waals surface area contributed by atoms with Gasteiger partial charge in [-0.25, -0.2) is 4.39 Å². The molecule has 0 spiro atoms. The van der Waals surface area contributed by atoms with E-state index in [2.05, 4.69) is 5.32 Å². The van der Waals surface area contributed by atoms with E-state index < -0.39 is 11.9 Å². The molecular formula is C13H14ClFN2O2. The van der Waals surface area contributed by atoms with Gasteiger partial charge in [0.25, 0.3) is 0 Å². The first kappa shape index (κ1) is 13.8. The van der Waals surface area contributed by atoms with E-state index in [-0.39, 0.29) is 28.9 Å². The van der Waals surface area contributed by atoms with Gasteiger partial charge in [-0.15, -0.1) is 0 Å². The SMILES string of the molecule is CN(Cc1c(F)cccc1Cl)C(=O)[C@H]1CCC(=O)N1. The van der Waals surface area contributed by atoms with Crippen LogP contribution >= 0.6 is 11.6 Å². The van der Waals surface area contributed by atoms with Crippen molar-refractivity contribution >= 4 is 23.4 Å². The van der Waals surface area contributed by atoms with Gasteiger partial charge in [-0.3, -0.25) is 9.59 Å². The Balaban J connectivity index is 2.06. The molecule has 2 rings (SSSR count). The highest BCUT2D eigenvalue weighted by atomic mass is 35.5. The Bertz CT molecular complexity index is 501. The second-order valence-electron chi connectivity index (χ2n) is 4.55. The van der Waals surface area contributed by atoms with E-state index in [4.69, 9.17) is 11.6 Å². The minimum absolute atomic E-state index is 0.0801. The molecule has 1 aliphatic rings. The normalized spacial score (nSPS) is 18.3. The highest BCUT2D eigenvalue weighted by Crippen LogP contribution is 2.21. The van der Waals surface area contributed by atoms with Crippen LogP contribution in [0.15, 0.2) is 18.2 Å². The van der Waals surface area contributed by atoms with Gasteiger partial charge < -0.3 is 10.2 Å². The number of benzene rings is 1. The number of hydrogen-bond acceptors (Lipinski definition) is 2. The van der Waals surface area contributed by atoms with Crippen LogP contribution in [0.3, 0.4) is 0 Å². The van der Waals surface area contributed by atoms with Crippen molar-refractivity contribution < 1.29 is 14.0 Å². The molecule has 1 atom stereocenters. The average Bonchev–Trinajstić information content (AvgIpc) is 2.79. The lowest BCUT2D eigenvalue weighted by molar-refractivity contribution is -0.133. The molecule has 1 saturated heterocycles. The van der Waals surface area contributed by atoms with Gasteiger partial charge >= 0.3 is 0 Å². The fourth-order valence-corrected chi connectivity index (χ4v) is 2.29. The molecule has 1 aliphatic heterocycles. The van der Waals surface area contributed by atoms with E-state index in [1.807, 2.05) is 0 Å². The minimum atomic E-state index is -0.511. The van der Waals surface area contributed by atoms with Crippen molar-refractivity contribution in [1.82, 2.24) is 10.2 Å². The smallest absolute Gasteiger partial charge is 0.245 e. The Morgan fingerprint density at radius 2 is 2.32 bits per heavy atom. The van der Waals surface area contributed by atoms with Crippen molar-refractivity contribution in [2.24, 2.45) is 0 Å². The van der Waals surface area contributed by atoms with Crippen molar-refractivity contribution in [1.29, 1.82) is 0 Å². The lowest BCUT2D eigenvalue weighted by Crippen LogP contribution is -2.42. The van der Waals surface area contributed by atoms with Crippen LogP contribution in [0.1, 0.15) is 18.4 Å². The Kier molecular flexibility index (Phi) is 4.04. The first-order chi connectivity index (χ1) is 8.99. The molecule has 0 aliphatic carbocycles. The monoisotopic (exact) mass is 284 g/mol. The zero-order valence-electron chi connectivity index (χ0n) is 10.5. The zero-order chi connectivity index (χ0) is 14.0. The lowest BCUT2D eigenvalue weighted by atomic mass is 10.1. The summed E-state index contributed by atoms with van der Waals surface area (Å²) < 4.78 is 13.6. The van der Waals surface area contributed by atoms with Gasteiger partial charge in [0.05, 0.1) is 0 Å². The molecule has 0 saturated carbocycles. The Labute approximate surface area is 115 Å². The first-order valence-corrected chi connectivity index (χ1v) is 6.34. The maximum atomic E-state index is 13.6. The molecule has 0 radical (unpaired) electrons. The maximum absolute atomic E-state index is 13.6. The molecule has 0 unspecified atom stereocenters. The van der Waals surface area contributed by atoms with Crippen molar-refractivity contribution in [2.75, 3.05) is 7.05 Å². The molecular weight excluding hydrogens is 271 g/mol. The first-order valence-electron chi connectivity index (χ1n) is 5.96. The largest absolute Gasteiger partial charge is 0.344 e. The van der Waals surface area contributed by atoms with E-state index in [0.717, 1.165) is 0 Å². The zero-order valence-corrected chi connectivity index (χ0v) is 11.2. The summed E-state index contributed by atoms with van der Waals surface area (Å²) in [5, 5.41) is 2.88. The van der Waals surface area contributed by atoms with Crippen LogP contribution in [-0.2, 0) is 16.1 Å². The van der Waals surface area contributed by atoms with Gasteiger partial charge in [-0.1, -0.05) is 17.7 Å². The molecule has 2 amide bonds. The molecule has 1 N–H and O–H groups in total. The second kappa shape index (κ2) is 5.57. The number of carbonyl (C=O) groups is 2. The quantitative estimate of drug-likeness (QED) is 0.919. The van der Waals surface area contributed by atoms with E-state index in [1.165, 1.54) is 17.0 Å². The van der Waals surface area contributed by atoms with Crippen molar-refractivity contribution in [3.63, 3.8) is 0 Å². The Morgan fingerprint density at radius 3 is 2.89 bits per heavy atom. The number of nitrogens with one attached hydrogen (secondary N) is 1. The molecule has 102 valence electrons. The predicted molar refractivity (Wildman–Crippen MR) is 69.0 cm³/mol. The van der Waals surface area contributed by atoms with Gasteiger partial charge in [0.15, 0.2) is 0 Å². The number of carbonyl (C=O) groups excluding carboxylic acids is 2. The topological polar surface area (TPSA) is 49.4 Å². The molecule has 1 aromatic rings. The molecule has 1 aromatic carbocycles. The summed E-state index contributed by atoms with van der Waals surface area (Å²) in [4.78, 5) is 24.5. The number of rotatable bonds is 3. The van der Waals surface area contributed by atoms with Crippen LogP contribution in [0.2, 0.25) is 5.02 Å². The third-order valence-corrected chi connectivity index (χ3v) is 3.48. The highest BCUT2D eigenvalue weighted by Gasteiger charge is 2.29. The number of hydrogen-bond donors (Lipinski definition) is 1. The van der Waals surface area contributed by atoms with Crippen LogP contribution < -0.4 is 5.32 Å². The fraction of sp³-hybridized carbons (Fsp3) is 0.385. The second-order valence-corrected chi connectivity index (χ2v) is 4.96. The number of nitrogens with zero attached hydrogens (tertiary/aromatic N) is 1. The molecule has 6 heteroatoms. The van der Waals surface area contributed by atoms with Gasteiger partial charge in [0, 0.05) is 30.6 Å². The summed E-state index contributed by atoms with van der Waals surface area (Å²) in [7, 11) is 1.57. The number of halogens is 2. The van der Waals surface area contributed by atoms with Crippen molar-refractivity contribution in [2.45, 2.75) is 25.4 Å². The van der Waals surface area contributed by atoms with Crippen molar-refractivity contribution in [3.05, 3.63) is 34.6 Å². The van der Waals surface area contributed by atoms with E-state index in [0.29, 0.717) is 12.8 Å².